The van der Waals surface area contributed by atoms with Crippen molar-refractivity contribution in [3.05, 3.63) is 69.3 Å². The molecule has 0 saturated carbocycles. The van der Waals surface area contributed by atoms with Gasteiger partial charge in [0.25, 0.3) is 17.5 Å². The third-order valence-electron chi connectivity index (χ3n) is 4.46. The quantitative estimate of drug-likeness (QED) is 0.272. The van der Waals surface area contributed by atoms with E-state index in [4.69, 9.17) is 4.74 Å². The van der Waals surface area contributed by atoms with Crippen LogP contribution in [0.1, 0.15) is 31.1 Å². The van der Waals surface area contributed by atoms with E-state index in [1.807, 2.05) is 0 Å². The van der Waals surface area contributed by atoms with E-state index in [-0.39, 0.29) is 16.7 Å². The Morgan fingerprint density at radius 3 is 2.29 bits per heavy atom. The summed E-state index contributed by atoms with van der Waals surface area (Å²) in [6.07, 6.45) is 0. The lowest BCUT2D eigenvalue weighted by Gasteiger charge is -2.22. The molecule has 2 aromatic carbocycles. The van der Waals surface area contributed by atoms with Gasteiger partial charge in [0.05, 0.1) is 28.4 Å². The average Bonchev–Trinajstić information content (AvgIpc) is 2.96. The highest BCUT2D eigenvalue weighted by Crippen LogP contribution is 2.37. The van der Waals surface area contributed by atoms with Gasteiger partial charge in [0.15, 0.2) is 5.78 Å². The lowest BCUT2D eigenvalue weighted by atomic mass is 10.1. The fourth-order valence-corrected chi connectivity index (χ4v) is 3.79. The van der Waals surface area contributed by atoms with Crippen molar-refractivity contribution in [2.24, 2.45) is 0 Å². The second-order valence-electron chi connectivity index (χ2n) is 6.35. The number of Topliss-reactive ketones (excluding diaryl/α,β-unsaturated/α-hetero) is 1. The first-order chi connectivity index (χ1) is 14.5. The summed E-state index contributed by atoms with van der Waals surface area (Å²) in [5.74, 6) is -2.48. The molecule has 3 rings (SSSR count). The smallest absolute Gasteiger partial charge is 0.442 e. The van der Waals surface area contributed by atoms with Gasteiger partial charge in [-0.1, -0.05) is 0 Å². The molecule has 0 spiro atoms. The van der Waals surface area contributed by atoms with Crippen molar-refractivity contribution < 1.29 is 37.2 Å². The molecule has 31 heavy (non-hydrogen) atoms. The lowest BCUT2D eigenvalue weighted by molar-refractivity contribution is -0.384. The molecule has 0 aliphatic carbocycles. The molecule has 0 fully saturated rings. The Morgan fingerprint density at radius 1 is 1.13 bits per heavy atom. The summed E-state index contributed by atoms with van der Waals surface area (Å²) in [4.78, 5) is 48.5. The largest absolute Gasteiger partial charge is 0.497 e. The van der Waals surface area contributed by atoms with E-state index in [0.29, 0.717) is 10.6 Å². The van der Waals surface area contributed by atoms with Crippen molar-refractivity contribution in [2.75, 3.05) is 13.7 Å². The van der Waals surface area contributed by atoms with Gasteiger partial charge >= 0.3 is 5.51 Å². The van der Waals surface area contributed by atoms with Gasteiger partial charge < -0.3 is 4.74 Å². The van der Waals surface area contributed by atoms with E-state index < -0.39 is 57.3 Å². The van der Waals surface area contributed by atoms with Crippen molar-refractivity contribution in [1.29, 1.82) is 0 Å². The molecule has 0 saturated heterocycles. The summed E-state index contributed by atoms with van der Waals surface area (Å²) < 4.78 is 44.2. The Labute approximate surface area is 177 Å². The van der Waals surface area contributed by atoms with Crippen LogP contribution in [-0.2, 0) is 0 Å². The molecule has 0 radical (unpaired) electrons. The van der Waals surface area contributed by atoms with Gasteiger partial charge in [-0.15, -0.1) is 0 Å². The number of benzene rings is 2. The number of thioether (sulfide) groups is 1. The van der Waals surface area contributed by atoms with E-state index in [9.17, 15) is 37.7 Å². The average molecular weight is 454 g/mol. The molecule has 1 heterocycles. The summed E-state index contributed by atoms with van der Waals surface area (Å²) in [6, 6.07) is 8.29. The first-order valence-electron chi connectivity index (χ1n) is 8.59. The number of rotatable bonds is 7. The van der Waals surface area contributed by atoms with E-state index in [2.05, 4.69) is 0 Å². The monoisotopic (exact) mass is 454 g/mol. The van der Waals surface area contributed by atoms with Crippen molar-refractivity contribution >= 4 is 35.0 Å². The number of methoxy groups -OCH3 is 1. The SMILES string of the molecule is COc1ccc(C(=O)C(CN2C(=O)c3ccc([N+](=O)[O-])cc3C2=O)SC(F)(F)F)cc1. The highest BCUT2D eigenvalue weighted by atomic mass is 32.2. The number of carbonyl (C=O) groups excluding carboxylic acids is 3. The minimum atomic E-state index is -4.82. The fourth-order valence-electron chi connectivity index (χ4n) is 3.00. The van der Waals surface area contributed by atoms with E-state index in [1.54, 1.807) is 0 Å². The number of nitro groups is 1. The lowest BCUT2D eigenvalue weighted by Crippen LogP contribution is -2.40. The summed E-state index contributed by atoms with van der Waals surface area (Å²) in [5.41, 5.74) is -5.80. The first-order valence-corrected chi connectivity index (χ1v) is 9.47. The predicted octanol–water partition coefficient (Wildman–Crippen LogP) is 3.70. The Morgan fingerprint density at radius 2 is 1.74 bits per heavy atom. The molecule has 8 nitrogen and oxygen atoms in total. The number of fused-ring (bicyclic) bond motifs is 1. The highest BCUT2D eigenvalue weighted by molar-refractivity contribution is 8.01. The molecular formula is C19H13F3N2O6S. The molecule has 0 bridgehead atoms. The summed E-state index contributed by atoms with van der Waals surface area (Å²) >= 11 is -0.643. The number of nitro benzene ring substituents is 1. The Balaban J connectivity index is 1.90. The predicted molar refractivity (Wildman–Crippen MR) is 103 cm³/mol. The van der Waals surface area contributed by atoms with Gasteiger partial charge in [0, 0.05) is 24.2 Å². The van der Waals surface area contributed by atoms with Gasteiger partial charge in [-0.3, -0.25) is 29.4 Å². The molecule has 1 aliphatic rings. The van der Waals surface area contributed by atoms with Gasteiger partial charge in [-0.2, -0.15) is 13.2 Å². The van der Waals surface area contributed by atoms with Crippen LogP contribution in [0.25, 0.3) is 0 Å². The maximum atomic E-state index is 13.1. The van der Waals surface area contributed by atoms with Crippen LogP contribution >= 0.6 is 11.8 Å². The molecule has 2 aromatic rings. The van der Waals surface area contributed by atoms with Crippen LogP contribution in [0.4, 0.5) is 18.9 Å². The van der Waals surface area contributed by atoms with Crippen LogP contribution in [0.2, 0.25) is 0 Å². The normalized spacial score (nSPS) is 14.4. The van der Waals surface area contributed by atoms with E-state index in [1.165, 1.54) is 31.4 Å². The highest BCUT2D eigenvalue weighted by Gasteiger charge is 2.43. The number of alkyl halides is 3. The Hall–Kier alpha value is -3.41. The van der Waals surface area contributed by atoms with Crippen LogP contribution < -0.4 is 4.74 Å². The zero-order chi connectivity index (χ0) is 22.9. The zero-order valence-corrected chi connectivity index (χ0v) is 16.5. The number of nitrogens with zero attached hydrogens (tertiary/aromatic N) is 2. The van der Waals surface area contributed by atoms with Gasteiger partial charge in [0.2, 0.25) is 0 Å². The third-order valence-corrected chi connectivity index (χ3v) is 5.37. The van der Waals surface area contributed by atoms with Crippen LogP contribution in [0.3, 0.4) is 0 Å². The second kappa shape index (κ2) is 8.38. The maximum absolute atomic E-state index is 13.1. The van der Waals surface area contributed by atoms with Crippen LogP contribution in [-0.4, -0.2) is 51.8 Å². The van der Waals surface area contributed by atoms with Crippen LogP contribution in [0.15, 0.2) is 42.5 Å². The number of halogens is 3. The Bertz CT molecular complexity index is 1070. The van der Waals surface area contributed by atoms with E-state index in [0.717, 1.165) is 18.2 Å². The van der Waals surface area contributed by atoms with Gasteiger partial charge in [0.1, 0.15) is 5.75 Å². The van der Waals surface area contributed by atoms with Gasteiger partial charge in [-0.25, -0.2) is 0 Å². The van der Waals surface area contributed by atoms with Crippen molar-refractivity contribution in [3.8, 4) is 5.75 Å². The molecule has 0 N–H and O–H groups in total. The second-order valence-corrected chi connectivity index (χ2v) is 7.62. The molecule has 162 valence electrons. The number of imide groups is 1. The molecule has 1 atom stereocenters. The van der Waals surface area contributed by atoms with Crippen molar-refractivity contribution in [2.45, 2.75) is 10.8 Å². The summed E-state index contributed by atoms with van der Waals surface area (Å²) in [6.45, 7) is -0.852. The van der Waals surface area contributed by atoms with Crippen molar-refractivity contribution in [3.63, 3.8) is 0 Å². The topological polar surface area (TPSA) is 107 Å². The number of amides is 2. The zero-order valence-electron chi connectivity index (χ0n) is 15.7. The fraction of sp³-hybridized carbons (Fsp3) is 0.211. The minimum absolute atomic E-state index is 0.0604. The molecule has 1 aliphatic heterocycles. The number of ether oxygens (including phenoxy) is 1. The standard InChI is InChI=1S/C19H13F3N2O6S/c1-30-12-5-2-10(3-6-12)16(25)15(31-19(20,21)22)9-23-17(26)13-7-4-11(24(28)29)8-14(13)18(23)27/h2-8,15H,9H2,1H3. The third kappa shape index (κ3) is 4.68. The number of ketones is 1. The maximum Gasteiger partial charge on any atom is 0.442 e. The molecule has 1 unspecified atom stereocenters. The van der Waals surface area contributed by atoms with E-state index >= 15 is 0 Å². The summed E-state index contributed by atoms with van der Waals surface area (Å²) in [5, 5.41) is 9.08. The minimum Gasteiger partial charge on any atom is -0.497 e. The van der Waals surface area contributed by atoms with Crippen LogP contribution in [0.5, 0.6) is 5.75 Å². The van der Waals surface area contributed by atoms with Gasteiger partial charge in [-0.05, 0) is 42.1 Å². The molecule has 12 heteroatoms. The molecule has 0 aromatic heterocycles. The molecule has 2 amide bonds. The number of hydrogen-bond donors (Lipinski definition) is 0. The first kappa shape index (κ1) is 22.3. The number of carbonyl (C=O) groups is 3. The van der Waals surface area contributed by atoms with Crippen molar-refractivity contribution in [1.82, 2.24) is 4.90 Å². The number of non-ortho nitro benzene ring substituents is 1. The molecular weight excluding hydrogens is 441 g/mol. The Kier molecular flexibility index (Phi) is 6.02. The number of hydrogen-bond acceptors (Lipinski definition) is 7. The van der Waals surface area contributed by atoms with Crippen LogP contribution in [0, 0.1) is 10.1 Å². The summed E-state index contributed by atoms with van der Waals surface area (Å²) in [7, 11) is 1.38.